The molecule has 1 aromatic heterocycles. The second kappa shape index (κ2) is 5.29. The van der Waals surface area contributed by atoms with Gasteiger partial charge in [-0.3, -0.25) is 0 Å². The molecule has 6 heteroatoms. The fraction of sp³-hybridized carbons (Fsp3) is 0.333. The standard InChI is InChI=1S/C15H17FN4O/c1-20(2)15-12(16)8-18-14(19-15)11-5-3-4-9-6-10(7-17)21-13(9)11/h3-5,8,10H,6-7,17H2,1-2H3/t10-/m0/s1. The fourth-order valence-electron chi connectivity index (χ4n) is 2.45. The molecular weight excluding hydrogens is 271 g/mol. The molecule has 21 heavy (non-hydrogen) atoms. The van der Waals surface area contributed by atoms with Gasteiger partial charge in [0.1, 0.15) is 11.9 Å². The zero-order valence-corrected chi connectivity index (χ0v) is 12.0. The van der Waals surface area contributed by atoms with Crippen LogP contribution in [0.1, 0.15) is 5.56 Å². The molecule has 0 amide bonds. The van der Waals surface area contributed by atoms with Gasteiger partial charge in [0, 0.05) is 27.1 Å². The van der Waals surface area contributed by atoms with Crippen LogP contribution in [0.5, 0.6) is 5.75 Å². The van der Waals surface area contributed by atoms with Crippen LogP contribution >= 0.6 is 0 Å². The Bertz CT molecular complexity index is 675. The Balaban J connectivity index is 2.07. The summed E-state index contributed by atoms with van der Waals surface area (Å²) in [5.74, 6) is 1.02. The molecule has 0 radical (unpaired) electrons. The Morgan fingerprint density at radius 2 is 2.24 bits per heavy atom. The highest BCUT2D eigenvalue weighted by Gasteiger charge is 2.26. The third-order valence-corrected chi connectivity index (χ3v) is 3.48. The van der Waals surface area contributed by atoms with E-state index in [-0.39, 0.29) is 11.9 Å². The minimum absolute atomic E-state index is 0.0186. The average Bonchev–Trinajstić information content (AvgIpc) is 2.90. The summed E-state index contributed by atoms with van der Waals surface area (Å²) >= 11 is 0. The molecule has 0 unspecified atom stereocenters. The first-order chi connectivity index (χ1) is 10.1. The molecule has 0 fully saturated rings. The number of hydrogen-bond acceptors (Lipinski definition) is 5. The van der Waals surface area contributed by atoms with Crippen molar-refractivity contribution in [2.24, 2.45) is 5.73 Å². The fourth-order valence-corrected chi connectivity index (χ4v) is 2.45. The highest BCUT2D eigenvalue weighted by molar-refractivity contribution is 5.68. The monoisotopic (exact) mass is 288 g/mol. The number of nitrogens with zero attached hydrogens (tertiary/aromatic N) is 3. The highest BCUT2D eigenvalue weighted by atomic mass is 19.1. The Hall–Kier alpha value is -2.21. The molecule has 2 aromatic rings. The Labute approximate surface area is 122 Å². The number of para-hydroxylation sites is 1. The highest BCUT2D eigenvalue weighted by Crippen LogP contribution is 2.37. The predicted molar refractivity (Wildman–Crippen MR) is 78.9 cm³/mol. The minimum atomic E-state index is -0.447. The van der Waals surface area contributed by atoms with Gasteiger partial charge < -0.3 is 15.4 Å². The van der Waals surface area contributed by atoms with Crippen LogP contribution in [-0.4, -0.2) is 36.7 Å². The molecule has 0 aliphatic carbocycles. The molecule has 1 aromatic carbocycles. The van der Waals surface area contributed by atoms with Crippen LogP contribution in [0.15, 0.2) is 24.4 Å². The molecule has 5 nitrogen and oxygen atoms in total. The smallest absolute Gasteiger partial charge is 0.183 e. The van der Waals surface area contributed by atoms with Crippen LogP contribution in [0.4, 0.5) is 10.2 Å². The maximum absolute atomic E-state index is 13.7. The Kier molecular flexibility index (Phi) is 3.47. The topological polar surface area (TPSA) is 64.3 Å². The SMILES string of the molecule is CN(C)c1nc(-c2cccc3c2O[C@H](CN)C3)ncc1F. The number of ether oxygens (including phenoxy) is 1. The molecule has 1 atom stereocenters. The summed E-state index contributed by atoms with van der Waals surface area (Å²) in [6, 6.07) is 5.81. The number of nitrogens with two attached hydrogens (primary N) is 1. The minimum Gasteiger partial charge on any atom is -0.488 e. The Morgan fingerprint density at radius 3 is 2.95 bits per heavy atom. The molecule has 0 bridgehead atoms. The number of fused-ring (bicyclic) bond motifs is 1. The quantitative estimate of drug-likeness (QED) is 0.929. The van der Waals surface area contributed by atoms with Crippen LogP contribution in [0, 0.1) is 5.82 Å². The summed E-state index contributed by atoms with van der Waals surface area (Å²) in [4.78, 5) is 10.0. The molecule has 1 aliphatic heterocycles. The maximum Gasteiger partial charge on any atom is 0.183 e. The number of hydrogen-bond donors (Lipinski definition) is 1. The molecule has 110 valence electrons. The second-order valence-electron chi connectivity index (χ2n) is 5.23. The van der Waals surface area contributed by atoms with Gasteiger partial charge in [0.25, 0.3) is 0 Å². The first-order valence-corrected chi connectivity index (χ1v) is 6.79. The predicted octanol–water partition coefficient (Wildman–Crippen LogP) is 1.61. The number of rotatable bonds is 3. The molecule has 3 rings (SSSR count). The molecule has 0 saturated heterocycles. The summed E-state index contributed by atoms with van der Waals surface area (Å²) in [5, 5.41) is 0. The largest absolute Gasteiger partial charge is 0.488 e. The zero-order valence-electron chi connectivity index (χ0n) is 12.0. The van der Waals surface area contributed by atoms with Crippen molar-refractivity contribution in [3.05, 3.63) is 35.8 Å². The van der Waals surface area contributed by atoms with Gasteiger partial charge in [0.15, 0.2) is 17.5 Å². The lowest BCUT2D eigenvalue weighted by molar-refractivity contribution is 0.242. The van der Waals surface area contributed by atoms with Crippen molar-refractivity contribution in [3.63, 3.8) is 0 Å². The van der Waals surface area contributed by atoms with Gasteiger partial charge in [0.05, 0.1) is 11.8 Å². The molecule has 0 spiro atoms. The van der Waals surface area contributed by atoms with Gasteiger partial charge in [-0.1, -0.05) is 12.1 Å². The third-order valence-electron chi connectivity index (χ3n) is 3.48. The van der Waals surface area contributed by atoms with Gasteiger partial charge in [-0.15, -0.1) is 0 Å². The zero-order chi connectivity index (χ0) is 15.0. The molecule has 1 aliphatic rings. The molecular formula is C15H17FN4O. The van der Waals surface area contributed by atoms with Crippen molar-refractivity contribution in [1.82, 2.24) is 9.97 Å². The first kappa shape index (κ1) is 13.8. The average molecular weight is 288 g/mol. The lowest BCUT2D eigenvalue weighted by atomic mass is 10.1. The number of aromatic nitrogens is 2. The van der Waals surface area contributed by atoms with Crippen molar-refractivity contribution in [3.8, 4) is 17.1 Å². The van der Waals surface area contributed by atoms with Crippen LogP contribution in [0.25, 0.3) is 11.4 Å². The van der Waals surface area contributed by atoms with Crippen LogP contribution in [-0.2, 0) is 6.42 Å². The van der Waals surface area contributed by atoms with E-state index in [4.69, 9.17) is 10.5 Å². The van der Waals surface area contributed by atoms with Crippen molar-refractivity contribution in [1.29, 1.82) is 0 Å². The lowest BCUT2D eigenvalue weighted by Gasteiger charge is -2.14. The Morgan fingerprint density at radius 1 is 1.43 bits per heavy atom. The van der Waals surface area contributed by atoms with E-state index in [0.717, 1.165) is 23.3 Å². The van der Waals surface area contributed by atoms with E-state index in [2.05, 4.69) is 9.97 Å². The van der Waals surface area contributed by atoms with E-state index in [9.17, 15) is 4.39 Å². The van der Waals surface area contributed by atoms with Crippen LogP contribution < -0.4 is 15.4 Å². The van der Waals surface area contributed by atoms with Gasteiger partial charge in [-0.05, 0) is 11.6 Å². The van der Waals surface area contributed by atoms with E-state index in [1.165, 1.54) is 6.20 Å². The lowest BCUT2D eigenvalue weighted by Crippen LogP contribution is -2.24. The van der Waals surface area contributed by atoms with Gasteiger partial charge >= 0.3 is 0 Å². The van der Waals surface area contributed by atoms with Crippen LogP contribution in [0.3, 0.4) is 0 Å². The number of halogens is 1. The van der Waals surface area contributed by atoms with Crippen LogP contribution in [0.2, 0.25) is 0 Å². The normalized spacial score (nSPS) is 16.5. The van der Waals surface area contributed by atoms with Gasteiger partial charge in [-0.2, -0.15) is 0 Å². The van der Waals surface area contributed by atoms with E-state index in [1.54, 1.807) is 19.0 Å². The van der Waals surface area contributed by atoms with E-state index in [1.807, 2.05) is 18.2 Å². The van der Waals surface area contributed by atoms with E-state index < -0.39 is 5.82 Å². The summed E-state index contributed by atoms with van der Waals surface area (Å²) in [7, 11) is 3.48. The summed E-state index contributed by atoms with van der Waals surface area (Å²) in [5.41, 5.74) is 7.53. The van der Waals surface area contributed by atoms with Crippen molar-refractivity contribution < 1.29 is 9.13 Å². The first-order valence-electron chi connectivity index (χ1n) is 6.79. The number of benzene rings is 1. The van der Waals surface area contributed by atoms with Gasteiger partial charge in [-0.25, -0.2) is 14.4 Å². The third kappa shape index (κ3) is 2.42. The summed E-state index contributed by atoms with van der Waals surface area (Å²) in [6.07, 6.45) is 1.95. The maximum atomic E-state index is 13.7. The van der Waals surface area contributed by atoms with Crippen molar-refractivity contribution in [2.45, 2.75) is 12.5 Å². The molecule has 2 heterocycles. The second-order valence-corrected chi connectivity index (χ2v) is 5.23. The van der Waals surface area contributed by atoms with Crippen molar-refractivity contribution in [2.75, 3.05) is 25.5 Å². The van der Waals surface area contributed by atoms with E-state index in [0.29, 0.717) is 12.4 Å². The van der Waals surface area contributed by atoms with Gasteiger partial charge in [0.2, 0.25) is 0 Å². The summed E-state index contributed by atoms with van der Waals surface area (Å²) < 4.78 is 19.6. The number of anilines is 1. The molecule has 2 N–H and O–H groups in total. The summed E-state index contributed by atoms with van der Waals surface area (Å²) in [6.45, 7) is 0.460. The molecule has 0 saturated carbocycles. The van der Waals surface area contributed by atoms with Crippen molar-refractivity contribution >= 4 is 5.82 Å². The van der Waals surface area contributed by atoms with E-state index >= 15 is 0 Å².